The van der Waals surface area contributed by atoms with Gasteiger partial charge in [0.1, 0.15) is 0 Å². The first-order valence-corrected chi connectivity index (χ1v) is 27.0. The first-order chi connectivity index (χ1) is 38.8. The second-order valence-corrected chi connectivity index (χ2v) is 20.6. The summed E-state index contributed by atoms with van der Waals surface area (Å²) in [6.45, 7) is 0. The standard InChI is InChI=1S/C76H48N2/c1-3-23-49(24-4-1)67-47-73(77-69-39-19-15-35-59(69)55-31-11-7-27-51(55)52-28-8-12-32-56(52)60-36-16-20-40-70(60)77)65-46-44-64-68(50-25-5-2-6-26-50)48-74(66-45-43-63(67)75(65)76(64)66)78-71-41-21-17-37-61(71)57-33-13-9-29-53(57)54-30-10-14-34-58(54)62-38-18-22-42-72(62)78/h1-48H. The zero-order chi connectivity index (χ0) is 51.3. The number of hydrogen-bond acceptors (Lipinski definition) is 0. The average molecular weight is 989 g/mol. The lowest BCUT2D eigenvalue weighted by Crippen LogP contribution is -2.03. The van der Waals surface area contributed by atoms with E-state index in [1.54, 1.807) is 0 Å². The zero-order valence-electron chi connectivity index (χ0n) is 42.6. The second kappa shape index (κ2) is 17.7. The average Bonchev–Trinajstić information content (AvgIpc) is 3.67. The highest BCUT2D eigenvalue weighted by Crippen LogP contribution is 2.49. The maximum absolute atomic E-state index is 2.57. The molecule has 16 rings (SSSR count). The van der Waals surface area contributed by atoms with Gasteiger partial charge in [0.05, 0.1) is 33.4 Å². The van der Waals surface area contributed by atoms with Gasteiger partial charge < -0.3 is 9.13 Å². The van der Waals surface area contributed by atoms with E-state index < -0.39 is 0 Å². The van der Waals surface area contributed by atoms with Crippen molar-refractivity contribution in [1.29, 1.82) is 0 Å². The molecular weight excluding hydrogens is 941 g/mol. The lowest BCUT2D eigenvalue weighted by atomic mass is 9.85. The highest BCUT2D eigenvalue weighted by atomic mass is 15.0. The van der Waals surface area contributed by atoms with Crippen molar-refractivity contribution in [2.75, 3.05) is 0 Å². The van der Waals surface area contributed by atoms with Gasteiger partial charge in [0.2, 0.25) is 0 Å². The topological polar surface area (TPSA) is 9.86 Å². The monoisotopic (exact) mass is 988 g/mol. The Labute approximate surface area is 450 Å². The van der Waals surface area contributed by atoms with Crippen molar-refractivity contribution in [3.8, 4) is 33.6 Å². The van der Waals surface area contributed by atoms with Crippen LogP contribution in [0.5, 0.6) is 0 Å². The van der Waals surface area contributed by atoms with Crippen molar-refractivity contribution in [2.24, 2.45) is 0 Å². The molecule has 0 saturated carbocycles. The number of nitrogens with zero attached hydrogens (tertiary/aromatic N) is 2. The van der Waals surface area contributed by atoms with Crippen LogP contribution >= 0.6 is 0 Å². The van der Waals surface area contributed by atoms with Crippen molar-refractivity contribution in [2.45, 2.75) is 0 Å². The third-order valence-corrected chi connectivity index (χ3v) is 16.5. The van der Waals surface area contributed by atoms with E-state index in [9.17, 15) is 0 Å². The summed E-state index contributed by atoms with van der Waals surface area (Å²) >= 11 is 0. The molecule has 2 aromatic heterocycles. The molecule has 0 spiro atoms. The maximum atomic E-state index is 2.57. The fourth-order valence-electron chi connectivity index (χ4n) is 13.2. The summed E-state index contributed by atoms with van der Waals surface area (Å²) in [4.78, 5) is 0. The van der Waals surface area contributed by atoms with Gasteiger partial charge in [0.15, 0.2) is 0 Å². The SMILES string of the molecule is c1ccc(-c2cc(-n3c4ccccc4c4ccccc4c4ccccc4c4ccccc43)c3ccc4c(-c5ccccc5)cc(-n5c6ccccc6c6ccccc6c6ccccc6c6ccccc65)c5ccc2c3c45)cc1. The Morgan fingerprint density at radius 3 is 0.667 bits per heavy atom. The minimum atomic E-state index is 1.12. The third kappa shape index (κ3) is 6.63. The van der Waals surface area contributed by atoms with E-state index in [4.69, 9.17) is 0 Å². The molecule has 2 heteroatoms. The van der Waals surface area contributed by atoms with Gasteiger partial charge in [-0.25, -0.2) is 0 Å². The van der Waals surface area contributed by atoms with Crippen LogP contribution in [0.4, 0.5) is 0 Å². The fourth-order valence-corrected chi connectivity index (χ4v) is 13.2. The summed E-state index contributed by atoms with van der Waals surface area (Å²) in [5.74, 6) is 0. The first kappa shape index (κ1) is 44.1. The molecule has 0 unspecified atom stereocenters. The molecule has 0 amide bonds. The summed E-state index contributed by atoms with van der Waals surface area (Å²) in [6, 6.07) is 108. The minimum Gasteiger partial charge on any atom is -0.309 e. The molecule has 2 heterocycles. The van der Waals surface area contributed by atoms with Crippen LogP contribution in [-0.2, 0) is 0 Å². The van der Waals surface area contributed by atoms with E-state index in [-0.39, 0.29) is 0 Å². The first-order valence-electron chi connectivity index (χ1n) is 27.0. The van der Waals surface area contributed by atoms with Crippen LogP contribution in [0, 0.1) is 0 Å². The Kier molecular flexibility index (Phi) is 9.98. The van der Waals surface area contributed by atoms with E-state index in [2.05, 4.69) is 300 Å². The molecule has 14 aromatic carbocycles. The number of fused-ring (bicyclic) bond motifs is 14. The molecule has 0 aliphatic heterocycles. The Hall–Kier alpha value is -10.3. The summed E-state index contributed by atoms with van der Waals surface area (Å²) in [7, 11) is 0. The van der Waals surface area contributed by atoms with E-state index in [1.165, 1.54) is 119 Å². The van der Waals surface area contributed by atoms with Gasteiger partial charge in [0, 0.05) is 43.1 Å². The van der Waals surface area contributed by atoms with Gasteiger partial charge >= 0.3 is 0 Å². The fraction of sp³-hybridized carbons (Fsp3) is 0. The van der Waals surface area contributed by atoms with Gasteiger partial charge in [0.25, 0.3) is 0 Å². The normalized spacial score (nSPS) is 11.8. The van der Waals surface area contributed by atoms with Gasteiger partial charge in [-0.05, 0) is 113 Å². The predicted molar refractivity (Wildman–Crippen MR) is 335 cm³/mol. The van der Waals surface area contributed by atoms with Gasteiger partial charge in [-0.2, -0.15) is 0 Å². The van der Waals surface area contributed by atoms with Crippen molar-refractivity contribution in [1.82, 2.24) is 9.13 Å². The van der Waals surface area contributed by atoms with Crippen LogP contribution in [-0.4, -0.2) is 9.13 Å². The maximum Gasteiger partial charge on any atom is 0.0547 e. The molecule has 2 nitrogen and oxygen atoms in total. The molecule has 16 aromatic rings. The predicted octanol–water partition coefficient (Wildman–Crippen LogP) is 21.0. The van der Waals surface area contributed by atoms with E-state index in [0.29, 0.717) is 0 Å². The van der Waals surface area contributed by atoms with Crippen LogP contribution < -0.4 is 0 Å². The van der Waals surface area contributed by atoms with Gasteiger partial charge in [-0.1, -0.05) is 255 Å². The minimum absolute atomic E-state index is 1.12. The smallest absolute Gasteiger partial charge is 0.0547 e. The van der Waals surface area contributed by atoms with E-state index >= 15 is 0 Å². The second-order valence-electron chi connectivity index (χ2n) is 20.6. The number of aromatic nitrogens is 2. The highest BCUT2D eigenvalue weighted by molar-refractivity contribution is 6.32. The molecule has 362 valence electrons. The number of rotatable bonds is 4. The van der Waals surface area contributed by atoms with Gasteiger partial charge in [-0.15, -0.1) is 0 Å². The Bertz CT molecular complexity index is 4720. The van der Waals surface area contributed by atoms with Crippen LogP contribution in [0.1, 0.15) is 0 Å². The molecule has 0 bridgehead atoms. The van der Waals surface area contributed by atoms with E-state index in [0.717, 1.165) is 33.4 Å². The third-order valence-electron chi connectivity index (χ3n) is 16.5. The lowest BCUT2D eigenvalue weighted by molar-refractivity contribution is 1.19. The van der Waals surface area contributed by atoms with Crippen molar-refractivity contribution in [3.63, 3.8) is 0 Å². The van der Waals surface area contributed by atoms with Crippen LogP contribution in [0.3, 0.4) is 0 Å². The highest BCUT2D eigenvalue weighted by Gasteiger charge is 2.24. The zero-order valence-corrected chi connectivity index (χ0v) is 42.6. The molecule has 0 atom stereocenters. The lowest BCUT2D eigenvalue weighted by Gasteiger charge is -2.24. The van der Waals surface area contributed by atoms with Crippen LogP contribution in [0.2, 0.25) is 0 Å². The van der Waals surface area contributed by atoms with E-state index in [1.807, 2.05) is 0 Å². The molecule has 0 N–H and O–H groups in total. The molecule has 0 saturated heterocycles. The number of hydrogen-bond donors (Lipinski definition) is 0. The molecule has 78 heavy (non-hydrogen) atoms. The molecule has 0 aliphatic carbocycles. The number of para-hydroxylation sites is 4. The summed E-state index contributed by atoms with van der Waals surface area (Å²) in [5.41, 5.74) is 11.4. The largest absolute Gasteiger partial charge is 0.309 e. The Balaban J connectivity index is 1.17. The van der Waals surface area contributed by atoms with Crippen molar-refractivity contribution >= 4 is 119 Å². The van der Waals surface area contributed by atoms with Crippen molar-refractivity contribution in [3.05, 3.63) is 291 Å². The molecule has 0 aliphatic rings. The van der Waals surface area contributed by atoms with Gasteiger partial charge in [-0.3, -0.25) is 0 Å². The summed E-state index contributed by atoms with van der Waals surface area (Å²) in [5, 5.41) is 21.6. The Morgan fingerprint density at radius 1 is 0.167 bits per heavy atom. The molecular formula is C76H48N2. The van der Waals surface area contributed by atoms with Crippen molar-refractivity contribution < 1.29 is 0 Å². The molecule has 0 radical (unpaired) electrons. The van der Waals surface area contributed by atoms with Crippen LogP contribution in [0.15, 0.2) is 291 Å². The quantitative estimate of drug-likeness (QED) is 0.156. The summed E-state index contributed by atoms with van der Waals surface area (Å²) < 4.78 is 5.15. The summed E-state index contributed by atoms with van der Waals surface area (Å²) in [6.07, 6.45) is 0. The Morgan fingerprint density at radius 2 is 0.385 bits per heavy atom. The molecule has 0 fully saturated rings. The van der Waals surface area contributed by atoms with Crippen LogP contribution in [0.25, 0.3) is 153 Å². The number of benzene rings is 14.